The Balaban J connectivity index is 1.66. The van der Waals surface area contributed by atoms with Gasteiger partial charge >= 0.3 is 12.1 Å². The minimum atomic E-state index is -4.93. The van der Waals surface area contributed by atoms with Crippen LogP contribution in [0.5, 0.6) is 0 Å². The van der Waals surface area contributed by atoms with Crippen molar-refractivity contribution in [2.75, 3.05) is 6.54 Å². The molecule has 1 aromatic heterocycles. The number of aromatic carboxylic acids is 1. The van der Waals surface area contributed by atoms with Crippen LogP contribution in [0, 0.1) is 17.5 Å². The van der Waals surface area contributed by atoms with Gasteiger partial charge in [-0.05, 0) is 30.0 Å². The lowest BCUT2D eigenvalue weighted by Gasteiger charge is -2.38. The number of imidazole rings is 1. The highest BCUT2D eigenvalue weighted by molar-refractivity contribution is 5.88. The first-order valence-corrected chi connectivity index (χ1v) is 11.5. The molecule has 1 unspecified atom stereocenters. The normalized spacial score (nSPS) is 16.3. The summed E-state index contributed by atoms with van der Waals surface area (Å²) in [6.07, 6.45) is -5.67. The Kier molecular flexibility index (Phi) is 7.49. The molecule has 0 saturated carbocycles. The number of amides is 1. The molecule has 0 aliphatic carbocycles. The van der Waals surface area contributed by atoms with Gasteiger partial charge in [0.25, 0.3) is 0 Å². The van der Waals surface area contributed by atoms with E-state index in [0.29, 0.717) is 17.7 Å². The van der Waals surface area contributed by atoms with Crippen LogP contribution in [-0.4, -0.2) is 44.0 Å². The fraction of sp³-hybridized carbons (Fsp3) is 0.320. The number of nitrogens with two attached hydrogens (primary N) is 1. The van der Waals surface area contributed by atoms with Gasteiger partial charge in [-0.2, -0.15) is 13.2 Å². The maximum atomic E-state index is 14.1. The topological polar surface area (TPSA) is 101 Å². The second kappa shape index (κ2) is 10.5. The number of hydrogen-bond acceptors (Lipinski definition) is 4. The third-order valence-corrected chi connectivity index (χ3v) is 6.32. The molecule has 2 atom stereocenters. The van der Waals surface area contributed by atoms with E-state index in [0.717, 1.165) is 4.57 Å². The number of hydrogen-bond donors (Lipinski definition) is 2. The van der Waals surface area contributed by atoms with E-state index in [2.05, 4.69) is 4.98 Å². The maximum Gasteiger partial charge on any atom is 0.449 e. The fourth-order valence-electron chi connectivity index (χ4n) is 4.67. The van der Waals surface area contributed by atoms with Gasteiger partial charge in [0.1, 0.15) is 5.82 Å². The van der Waals surface area contributed by atoms with E-state index < -0.39 is 65.5 Å². The minimum absolute atomic E-state index is 0.0110. The van der Waals surface area contributed by atoms with Gasteiger partial charge in [-0.25, -0.2) is 22.9 Å². The van der Waals surface area contributed by atoms with Crippen LogP contribution in [0.4, 0.5) is 26.3 Å². The smallest absolute Gasteiger partial charge is 0.449 e. The van der Waals surface area contributed by atoms with Crippen LogP contribution >= 0.6 is 0 Å². The average Bonchev–Trinajstić information content (AvgIpc) is 3.24. The molecule has 3 aromatic rings. The molecule has 4 rings (SSSR count). The Labute approximate surface area is 212 Å². The van der Waals surface area contributed by atoms with Crippen molar-refractivity contribution >= 4 is 11.9 Å². The molecule has 38 heavy (non-hydrogen) atoms. The molecule has 0 spiro atoms. The fourth-order valence-corrected chi connectivity index (χ4v) is 4.67. The van der Waals surface area contributed by atoms with Crippen molar-refractivity contribution in [3.05, 3.63) is 88.3 Å². The molecule has 2 aromatic carbocycles. The second-order valence-electron chi connectivity index (χ2n) is 8.94. The molecule has 1 aliphatic rings. The number of carbonyl (C=O) groups excluding carboxylic acids is 1. The number of carboxylic acids is 1. The van der Waals surface area contributed by atoms with Crippen LogP contribution in [0.15, 0.2) is 42.5 Å². The lowest BCUT2D eigenvalue weighted by Crippen LogP contribution is -2.46. The van der Waals surface area contributed by atoms with Crippen molar-refractivity contribution in [2.24, 2.45) is 5.73 Å². The molecule has 0 saturated heterocycles. The molecule has 1 amide bonds. The van der Waals surface area contributed by atoms with Crippen LogP contribution in [-0.2, 0) is 30.4 Å². The van der Waals surface area contributed by atoms with E-state index in [-0.39, 0.29) is 37.2 Å². The number of carboxylic acid groups (broad SMARTS) is 1. The SMILES string of the molecule is N[C@@H](CC(=O)N1CCn2c(C(F)(F)F)nc(C(=O)O)c2C1Cc1ccccc1)Cc1cc(F)c(F)cc1F. The lowest BCUT2D eigenvalue weighted by molar-refractivity contribution is -0.148. The van der Waals surface area contributed by atoms with E-state index in [4.69, 9.17) is 5.73 Å². The van der Waals surface area contributed by atoms with E-state index in [1.165, 1.54) is 4.90 Å². The van der Waals surface area contributed by atoms with E-state index in [1.54, 1.807) is 30.3 Å². The Bertz CT molecular complexity index is 1360. The third kappa shape index (κ3) is 5.52. The first-order chi connectivity index (χ1) is 17.9. The summed E-state index contributed by atoms with van der Waals surface area (Å²) in [6.45, 7) is -0.567. The Morgan fingerprint density at radius 1 is 1.05 bits per heavy atom. The Hall–Kier alpha value is -3.87. The number of carbonyl (C=O) groups is 2. The zero-order valence-electron chi connectivity index (χ0n) is 19.7. The molecule has 2 heterocycles. The number of fused-ring (bicyclic) bond motifs is 1. The standard InChI is InChI=1S/C25H22F6N4O3/c26-16-12-18(28)17(27)10-14(16)9-15(32)11-20(36)34-6-7-35-22(19(34)8-13-4-2-1-3-5-13)21(23(37)38)33-24(35)25(29,30)31/h1-5,10,12,15,19H,6-9,11,32H2,(H,37,38)/t15-,19?/m1/s1. The zero-order valence-corrected chi connectivity index (χ0v) is 19.7. The largest absolute Gasteiger partial charge is 0.476 e. The van der Waals surface area contributed by atoms with E-state index >= 15 is 0 Å². The average molecular weight is 540 g/mol. The number of aromatic nitrogens is 2. The number of benzene rings is 2. The van der Waals surface area contributed by atoms with Gasteiger partial charge in [-0.15, -0.1) is 0 Å². The van der Waals surface area contributed by atoms with Crippen LogP contribution in [0.3, 0.4) is 0 Å². The summed E-state index contributed by atoms with van der Waals surface area (Å²) in [5, 5.41) is 9.65. The van der Waals surface area contributed by atoms with Gasteiger partial charge in [0.2, 0.25) is 11.7 Å². The van der Waals surface area contributed by atoms with E-state index in [1.807, 2.05) is 0 Å². The Morgan fingerprint density at radius 3 is 2.34 bits per heavy atom. The minimum Gasteiger partial charge on any atom is -0.476 e. The monoisotopic (exact) mass is 540 g/mol. The van der Waals surface area contributed by atoms with Crippen molar-refractivity contribution in [2.45, 2.75) is 44.1 Å². The van der Waals surface area contributed by atoms with Crippen LogP contribution in [0.1, 0.15) is 45.6 Å². The molecule has 7 nitrogen and oxygen atoms in total. The van der Waals surface area contributed by atoms with Gasteiger partial charge in [-0.3, -0.25) is 4.79 Å². The number of rotatable bonds is 7. The van der Waals surface area contributed by atoms with Gasteiger partial charge in [0.15, 0.2) is 17.3 Å². The summed E-state index contributed by atoms with van der Waals surface area (Å²) in [6, 6.07) is 7.30. The number of alkyl halides is 3. The molecule has 1 aliphatic heterocycles. The first kappa shape index (κ1) is 27.2. The quantitative estimate of drug-likeness (QED) is 0.347. The van der Waals surface area contributed by atoms with Crippen molar-refractivity contribution in [3.8, 4) is 0 Å². The second-order valence-corrected chi connectivity index (χ2v) is 8.94. The highest BCUT2D eigenvalue weighted by Gasteiger charge is 2.45. The predicted octanol–water partition coefficient (Wildman–Crippen LogP) is 4.10. The van der Waals surface area contributed by atoms with Crippen LogP contribution in [0.2, 0.25) is 0 Å². The molecule has 202 valence electrons. The summed E-state index contributed by atoms with van der Waals surface area (Å²) in [5.74, 6) is -7.38. The molecular formula is C25H22F6N4O3. The number of nitrogens with zero attached hydrogens (tertiary/aromatic N) is 3. The highest BCUT2D eigenvalue weighted by atomic mass is 19.4. The molecule has 3 N–H and O–H groups in total. The summed E-state index contributed by atoms with van der Waals surface area (Å²) in [5.41, 5.74) is 5.31. The molecule has 0 bridgehead atoms. The summed E-state index contributed by atoms with van der Waals surface area (Å²) in [4.78, 5) is 29.8. The van der Waals surface area contributed by atoms with Gasteiger partial charge < -0.3 is 20.3 Å². The van der Waals surface area contributed by atoms with Crippen molar-refractivity contribution in [3.63, 3.8) is 0 Å². The summed E-state index contributed by atoms with van der Waals surface area (Å²) >= 11 is 0. The number of halogens is 6. The Morgan fingerprint density at radius 2 is 1.71 bits per heavy atom. The van der Waals surface area contributed by atoms with Crippen molar-refractivity contribution < 1.29 is 41.0 Å². The van der Waals surface area contributed by atoms with Gasteiger partial charge in [-0.1, -0.05) is 30.3 Å². The predicted molar refractivity (Wildman–Crippen MR) is 121 cm³/mol. The summed E-state index contributed by atoms with van der Waals surface area (Å²) < 4.78 is 82.6. The first-order valence-electron chi connectivity index (χ1n) is 11.5. The lowest BCUT2D eigenvalue weighted by atomic mass is 9.96. The third-order valence-electron chi connectivity index (χ3n) is 6.32. The summed E-state index contributed by atoms with van der Waals surface area (Å²) in [7, 11) is 0. The molecule has 0 radical (unpaired) electrons. The van der Waals surface area contributed by atoms with Crippen molar-refractivity contribution in [1.29, 1.82) is 0 Å². The van der Waals surface area contributed by atoms with Crippen LogP contribution in [0.25, 0.3) is 0 Å². The molecule has 13 heteroatoms. The van der Waals surface area contributed by atoms with Crippen LogP contribution < -0.4 is 5.73 Å². The molecule has 0 fully saturated rings. The highest BCUT2D eigenvalue weighted by Crippen LogP contribution is 2.38. The van der Waals surface area contributed by atoms with Gasteiger partial charge in [0, 0.05) is 31.6 Å². The van der Waals surface area contributed by atoms with E-state index in [9.17, 15) is 41.0 Å². The maximum absolute atomic E-state index is 14.1. The molecular weight excluding hydrogens is 518 g/mol. The zero-order chi connectivity index (χ0) is 27.8. The van der Waals surface area contributed by atoms with Crippen molar-refractivity contribution in [1.82, 2.24) is 14.5 Å². The van der Waals surface area contributed by atoms with Gasteiger partial charge in [0.05, 0.1) is 11.7 Å².